The highest BCUT2D eigenvalue weighted by Gasteiger charge is 2.50. The highest BCUT2D eigenvalue weighted by Crippen LogP contribution is 2.46. The van der Waals surface area contributed by atoms with E-state index in [1.54, 1.807) is 0 Å². The molecule has 0 aromatic heterocycles. The topological polar surface area (TPSA) is 115 Å². The third-order valence-electron chi connectivity index (χ3n) is 8.72. The third kappa shape index (κ3) is 11.6. The maximum atomic E-state index is 11.5. The van der Waals surface area contributed by atoms with E-state index in [2.05, 4.69) is 51.0 Å². The van der Waals surface area contributed by atoms with E-state index in [0.717, 1.165) is 57.8 Å². The lowest BCUT2D eigenvalue weighted by atomic mass is 9.86. The molecule has 3 rings (SSSR count). The average molecular weight is 636 g/mol. The largest absolute Gasteiger partial charge is 0.462 e. The summed E-state index contributed by atoms with van der Waals surface area (Å²) in [6.45, 7) is 4.37. The second-order valence-corrected chi connectivity index (χ2v) is 14.0. The summed E-state index contributed by atoms with van der Waals surface area (Å²) >= 11 is 0. The average Bonchev–Trinajstić information content (AvgIpc) is 3.49. The number of carbonyl (C=O) groups is 1. The minimum atomic E-state index is -0.473. The van der Waals surface area contributed by atoms with Crippen LogP contribution in [-0.4, -0.2) is 70.9 Å². The first-order valence-electron chi connectivity index (χ1n) is 14.7. The van der Waals surface area contributed by atoms with Gasteiger partial charge in [0.15, 0.2) is 0 Å². The Hall–Kier alpha value is 1.01. The molecule has 39 heavy (non-hydrogen) atoms. The monoisotopic (exact) mass is 636 g/mol. The molecule has 0 radical (unpaired) electrons. The van der Waals surface area contributed by atoms with Gasteiger partial charge in [0.1, 0.15) is 6.10 Å². The zero-order valence-corrected chi connectivity index (χ0v) is 28.4. The van der Waals surface area contributed by atoms with Crippen LogP contribution in [0.5, 0.6) is 0 Å². The van der Waals surface area contributed by atoms with Crippen molar-refractivity contribution in [3.63, 3.8) is 0 Å². The fourth-order valence-corrected chi connectivity index (χ4v) is 7.76. The molecule has 4 unspecified atom stereocenters. The quantitative estimate of drug-likeness (QED) is 0.126. The third-order valence-corrected chi connectivity index (χ3v) is 9.80. The Balaban J connectivity index is 0.000000753. The minimum Gasteiger partial charge on any atom is -0.462 e. The van der Waals surface area contributed by atoms with Crippen LogP contribution in [0, 0.1) is 23.7 Å². The van der Waals surface area contributed by atoms with Gasteiger partial charge in [0.05, 0.1) is 30.8 Å². The number of esters is 1. The molecule has 0 amide bonds. The number of fused-ring (bicyclic) bond motifs is 1. The summed E-state index contributed by atoms with van der Waals surface area (Å²) in [5.74, 6) is 0.783. The standard InChI is InChI=1S/C13H26BO4P3.C13H27O4P.2H2/c1-2-3-8(18-21)4-5-9-10-6-13(15)16-11(10)7-12(9)17-14(19)20;1-2-3-9(17-18)4-5-10-11(6-7-14)13(16)8-12(10)15;;/h8-12H,2-7,19-21H2,1H3;9-16H,2-8,18H2,1H3;2*1H/t8-,9+,10+,11-,12+;9-,10+,11+,12+,13-;;/m00../s1/i;;2*1+2. The van der Waals surface area contributed by atoms with Gasteiger partial charge in [-0.2, -0.15) is 0 Å². The van der Waals surface area contributed by atoms with E-state index in [1.165, 1.54) is 0 Å². The Bertz CT molecular complexity index is 708. The molecule has 13 heteroatoms. The van der Waals surface area contributed by atoms with Crippen molar-refractivity contribution in [2.45, 2.75) is 128 Å². The minimum absolute atomic E-state index is 0. The molecule has 232 valence electrons. The van der Waals surface area contributed by atoms with E-state index >= 15 is 0 Å². The molecular formula is C26H57BO8P4. The lowest BCUT2D eigenvalue weighted by Crippen LogP contribution is -2.27. The number of rotatable bonds is 16. The Morgan fingerprint density at radius 1 is 0.923 bits per heavy atom. The molecule has 8 nitrogen and oxygen atoms in total. The molecule has 2 aliphatic carbocycles. The first-order chi connectivity index (χ1) is 18.7. The van der Waals surface area contributed by atoms with Crippen LogP contribution >= 0.6 is 37.2 Å². The smallest absolute Gasteiger partial charge is 0.336 e. The Kier molecular flexibility index (Phi) is 17.9. The van der Waals surface area contributed by atoms with Crippen LogP contribution in [0.2, 0.25) is 0 Å². The van der Waals surface area contributed by atoms with Crippen molar-refractivity contribution in [2.24, 2.45) is 23.7 Å². The highest BCUT2D eigenvalue weighted by atomic mass is 31.1. The van der Waals surface area contributed by atoms with Gasteiger partial charge in [-0.1, -0.05) is 26.7 Å². The van der Waals surface area contributed by atoms with Crippen LogP contribution < -0.4 is 0 Å². The Morgan fingerprint density at radius 2 is 1.46 bits per heavy atom. The molecule has 1 aliphatic heterocycles. The van der Waals surface area contributed by atoms with Crippen LogP contribution in [-0.2, 0) is 23.2 Å². The van der Waals surface area contributed by atoms with Crippen molar-refractivity contribution in [3.8, 4) is 0 Å². The van der Waals surface area contributed by atoms with E-state index in [1.807, 2.05) is 0 Å². The summed E-state index contributed by atoms with van der Waals surface area (Å²) in [4.78, 5) is 11.5. The number of ether oxygens (including phenoxy) is 1. The van der Waals surface area contributed by atoms with E-state index < -0.39 is 12.2 Å². The van der Waals surface area contributed by atoms with Gasteiger partial charge in [-0.25, -0.2) is 0 Å². The molecule has 1 saturated heterocycles. The molecule has 3 N–H and O–H groups in total. The summed E-state index contributed by atoms with van der Waals surface area (Å²) in [7, 11) is 10.0. The SMILES string of the molecule is CCC[C@@H](CC[C@@H]1[C@@H](CCO)[C@@H](O)C[C@H]1O)OP.CCC[C@@H](CC[C@@H]1[C@H]2CC(=O)O[C@H]2C[C@H]1OB(P)P)OP.[3HH].[3HH]. The van der Waals surface area contributed by atoms with Crippen LogP contribution in [0.1, 0.15) is 93.8 Å². The van der Waals surface area contributed by atoms with Crippen molar-refractivity contribution in [3.05, 3.63) is 0 Å². The summed E-state index contributed by atoms with van der Waals surface area (Å²) in [6.07, 6.45) is 10.3. The lowest BCUT2D eigenvalue weighted by molar-refractivity contribution is -0.141. The predicted molar refractivity (Wildman–Crippen MR) is 173 cm³/mol. The molecule has 3 aliphatic rings. The summed E-state index contributed by atoms with van der Waals surface area (Å²) in [5.41, 5.74) is 0. The maximum Gasteiger partial charge on any atom is 0.336 e. The fourth-order valence-electron chi connectivity index (χ4n) is 6.81. The van der Waals surface area contributed by atoms with Gasteiger partial charge in [-0.05, 0) is 69.1 Å². The van der Waals surface area contributed by atoms with Crippen LogP contribution in [0.25, 0.3) is 0 Å². The van der Waals surface area contributed by atoms with Crippen LogP contribution in [0.4, 0.5) is 0 Å². The van der Waals surface area contributed by atoms with E-state index in [9.17, 15) is 15.0 Å². The van der Waals surface area contributed by atoms with Crippen LogP contribution in [0.15, 0.2) is 0 Å². The van der Waals surface area contributed by atoms with Gasteiger partial charge in [0.25, 0.3) is 0 Å². The molecule has 2 saturated carbocycles. The summed E-state index contributed by atoms with van der Waals surface area (Å²) in [6, 6.07) is 0. The second kappa shape index (κ2) is 19.3. The Morgan fingerprint density at radius 3 is 1.95 bits per heavy atom. The van der Waals surface area contributed by atoms with Gasteiger partial charge in [-0.3, -0.25) is 4.79 Å². The molecule has 1 heterocycles. The number of carbonyl (C=O) groups excluding carboxylic acids is 1. The van der Waals surface area contributed by atoms with Gasteiger partial charge in [0, 0.05) is 46.8 Å². The number of aliphatic hydroxyl groups is 3. The van der Waals surface area contributed by atoms with Gasteiger partial charge >= 0.3 is 12.3 Å². The van der Waals surface area contributed by atoms with Crippen LogP contribution in [0.3, 0.4) is 0 Å². The molecular weight excluding hydrogens is 575 g/mol. The summed E-state index contributed by atoms with van der Waals surface area (Å²) < 4.78 is 22.2. The molecule has 3 fully saturated rings. The van der Waals surface area contributed by atoms with Crippen molar-refractivity contribution in [2.75, 3.05) is 6.61 Å². The Labute approximate surface area is 248 Å². The molecule has 14 atom stereocenters. The fraction of sp³-hybridized carbons (Fsp3) is 0.962. The van der Waals surface area contributed by atoms with Gasteiger partial charge in [0.2, 0.25) is 0 Å². The maximum absolute atomic E-state index is 11.5. The van der Waals surface area contributed by atoms with Gasteiger partial charge < -0.3 is 33.8 Å². The lowest BCUT2D eigenvalue weighted by Gasteiger charge is -2.26. The van der Waals surface area contributed by atoms with E-state index in [4.69, 9.17) is 23.5 Å². The second-order valence-electron chi connectivity index (χ2n) is 11.4. The van der Waals surface area contributed by atoms with Gasteiger partial charge in [-0.15, -0.1) is 18.2 Å². The summed E-state index contributed by atoms with van der Waals surface area (Å²) in [5, 5.41) is 28.9. The zero-order chi connectivity index (χ0) is 28.9. The highest BCUT2D eigenvalue weighted by molar-refractivity contribution is 7.92. The number of aliphatic hydroxyl groups excluding tert-OH is 3. The van der Waals surface area contributed by atoms with Crippen molar-refractivity contribution in [1.82, 2.24) is 0 Å². The van der Waals surface area contributed by atoms with E-state index in [-0.39, 0.29) is 58.0 Å². The first-order valence-corrected chi connectivity index (χ1v) is 17.0. The van der Waals surface area contributed by atoms with E-state index in [0.29, 0.717) is 31.1 Å². The van der Waals surface area contributed by atoms with Crippen molar-refractivity contribution < 1.29 is 41.4 Å². The van der Waals surface area contributed by atoms with Crippen molar-refractivity contribution >= 4 is 49.5 Å². The molecule has 0 aromatic carbocycles. The molecule has 0 bridgehead atoms. The van der Waals surface area contributed by atoms with Crippen molar-refractivity contribution in [1.29, 1.82) is 0 Å². The number of hydrogen-bond donors (Lipinski definition) is 3. The molecule has 0 aromatic rings. The predicted octanol–water partition coefficient (Wildman–Crippen LogP) is 4.79. The zero-order valence-electron chi connectivity index (χ0n) is 23.7. The molecule has 0 spiro atoms. The number of hydrogen-bond acceptors (Lipinski definition) is 8. The normalized spacial score (nSPS) is 33.3. The first kappa shape index (κ1) is 36.2.